The quantitative estimate of drug-likeness (QED) is 0.677. The first kappa shape index (κ1) is 22.6. The molecule has 10 heteroatoms. The van der Waals surface area contributed by atoms with Gasteiger partial charge in [-0.15, -0.1) is 0 Å². The Kier molecular flexibility index (Phi) is 6.73. The number of nitrogens with zero attached hydrogens (tertiary/aromatic N) is 3. The Morgan fingerprint density at radius 3 is 2.69 bits per heavy atom. The lowest BCUT2D eigenvalue weighted by Crippen LogP contribution is -2.49. The first-order chi connectivity index (χ1) is 15.4. The van der Waals surface area contributed by atoms with Gasteiger partial charge in [-0.05, 0) is 38.0 Å². The average molecular weight is 464 g/mol. The van der Waals surface area contributed by atoms with Gasteiger partial charge >= 0.3 is 0 Å². The number of morpholine rings is 1. The highest BCUT2D eigenvalue weighted by Gasteiger charge is 2.38. The van der Waals surface area contributed by atoms with Crippen LogP contribution >= 0.6 is 0 Å². The van der Waals surface area contributed by atoms with Gasteiger partial charge in [0.1, 0.15) is 11.5 Å². The van der Waals surface area contributed by atoms with E-state index in [1.165, 1.54) is 22.5 Å². The Morgan fingerprint density at radius 2 is 1.94 bits per heavy atom. The van der Waals surface area contributed by atoms with E-state index in [1.54, 1.807) is 30.0 Å². The molecule has 1 unspecified atom stereocenters. The summed E-state index contributed by atoms with van der Waals surface area (Å²) in [5, 5.41) is 3.83. The highest BCUT2D eigenvalue weighted by atomic mass is 32.2. The van der Waals surface area contributed by atoms with E-state index < -0.39 is 21.8 Å². The molecule has 2 saturated heterocycles. The zero-order chi connectivity index (χ0) is 22.7. The van der Waals surface area contributed by atoms with E-state index in [4.69, 9.17) is 9.26 Å². The molecule has 1 aromatic carbocycles. The topological polar surface area (TPSA) is 93.0 Å². The maximum atomic E-state index is 13.9. The SMILES string of the molecule is Cc1noc(C=Cc2ccccc2F)c1S(=O)(=O)N1CCCC(C(=O)N2CCOCC2)C1. The van der Waals surface area contributed by atoms with Crippen LogP contribution < -0.4 is 0 Å². The van der Waals surface area contributed by atoms with Gasteiger partial charge in [0, 0.05) is 31.7 Å². The molecule has 2 aliphatic rings. The van der Waals surface area contributed by atoms with Crippen molar-refractivity contribution in [3.05, 3.63) is 47.1 Å². The molecule has 8 nitrogen and oxygen atoms in total. The molecule has 0 N–H and O–H groups in total. The van der Waals surface area contributed by atoms with Gasteiger partial charge in [0.05, 0.1) is 19.1 Å². The van der Waals surface area contributed by atoms with E-state index in [-0.39, 0.29) is 28.8 Å². The summed E-state index contributed by atoms with van der Waals surface area (Å²) in [6.07, 6.45) is 4.09. The number of aromatic nitrogens is 1. The summed E-state index contributed by atoms with van der Waals surface area (Å²) in [6.45, 7) is 4.03. The van der Waals surface area contributed by atoms with Crippen molar-refractivity contribution in [1.82, 2.24) is 14.4 Å². The lowest BCUT2D eigenvalue weighted by molar-refractivity contribution is -0.140. The molecular formula is C22H26FN3O5S. The van der Waals surface area contributed by atoms with Gasteiger partial charge in [0.15, 0.2) is 10.7 Å². The minimum absolute atomic E-state index is 0.0325. The molecule has 3 heterocycles. The molecule has 4 rings (SSSR count). The second-order valence-electron chi connectivity index (χ2n) is 7.96. The number of amides is 1. The minimum atomic E-state index is -3.96. The van der Waals surface area contributed by atoms with Crippen LogP contribution in [0, 0.1) is 18.7 Å². The number of carbonyl (C=O) groups is 1. The van der Waals surface area contributed by atoms with Crippen LogP contribution in [0.5, 0.6) is 0 Å². The summed E-state index contributed by atoms with van der Waals surface area (Å²) >= 11 is 0. The number of carbonyl (C=O) groups excluding carboxylic acids is 1. The first-order valence-corrected chi connectivity index (χ1v) is 12.1. The predicted octanol–water partition coefficient (Wildman–Crippen LogP) is 2.55. The van der Waals surface area contributed by atoms with Crippen LogP contribution in [0.3, 0.4) is 0 Å². The van der Waals surface area contributed by atoms with Crippen LogP contribution in [-0.4, -0.2) is 68.1 Å². The Hall–Kier alpha value is -2.56. The van der Waals surface area contributed by atoms with Crippen LogP contribution in [0.25, 0.3) is 12.2 Å². The van der Waals surface area contributed by atoms with Gasteiger partial charge in [-0.2, -0.15) is 4.31 Å². The second kappa shape index (κ2) is 9.51. The zero-order valence-electron chi connectivity index (χ0n) is 17.9. The Labute approximate surface area is 186 Å². The van der Waals surface area contributed by atoms with E-state index in [9.17, 15) is 17.6 Å². The number of sulfonamides is 1. The molecule has 0 spiro atoms. The molecule has 0 radical (unpaired) electrons. The molecule has 2 fully saturated rings. The molecule has 32 heavy (non-hydrogen) atoms. The molecule has 0 aliphatic carbocycles. The maximum Gasteiger partial charge on any atom is 0.248 e. The summed E-state index contributed by atoms with van der Waals surface area (Å²) < 4.78 is 52.8. The smallest absolute Gasteiger partial charge is 0.248 e. The van der Waals surface area contributed by atoms with E-state index in [2.05, 4.69) is 5.16 Å². The summed E-state index contributed by atoms with van der Waals surface area (Å²) in [5.74, 6) is -0.818. The number of piperidine rings is 1. The zero-order valence-corrected chi connectivity index (χ0v) is 18.7. The van der Waals surface area contributed by atoms with Gasteiger partial charge in [-0.25, -0.2) is 12.8 Å². The van der Waals surface area contributed by atoms with Gasteiger partial charge in [0.2, 0.25) is 15.9 Å². The molecule has 1 atom stereocenters. The van der Waals surface area contributed by atoms with E-state index >= 15 is 0 Å². The second-order valence-corrected chi connectivity index (χ2v) is 9.83. The number of aryl methyl sites for hydroxylation is 1. The van der Waals surface area contributed by atoms with Crippen molar-refractivity contribution in [2.24, 2.45) is 5.92 Å². The van der Waals surface area contributed by atoms with Crippen LogP contribution in [0.4, 0.5) is 4.39 Å². The standard InChI is InChI=1S/C22H26FN3O5S/c1-16-21(20(31-24-16)9-8-17-5-2-3-7-19(17)23)32(28,29)26-10-4-6-18(15-26)22(27)25-11-13-30-14-12-25/h2-3,5,7-9,18H,4,6,10-15H2,1H3. The van der Waals surface area contributed by atoms with E-state index in [1.807, 2.05) is 0 Å². The molecule has 0 bridgehead atoms. The lowest BCUT2D eigenvalue weighted by atomic mass is 9.98. The van der Waals surface area contributed by atoms with Crippen molar-refractivity contribution in [2.75, 3.05) is 39.4 Å². The van der Waals surface area contributed by atoms with Crippen LogP contribution in [-0.2, 0) is 19.6 Å². The Bertz CT molecular complexity index is 1110. The Balaban J connectivity index is 1.56. The monoisotopic (exact) mass is 463 g/mol. The number of hydrogen-bond donors (Lipinski definition) is 0. The van der Waals surface area contributed by atoms with Crippen molar-refractivity contribution < 1.29 is 26.9 Å². The van der Waals surface area contributed by atoms with Gasteiger partial charge < -0.3 is 14.2 Å². The lowest BCUT2D eigenvalue weighted by Gasteiger charge is -2.35. The summed E-state index contributed by atoms with van der Waals surface area (Å²) in [6, 6.07) is 6.16. The number of halogens is 1. The van der Waals surface area contributed by atoms with Crippen LogP contribution in [0.1, 0.15) is 29.9 Å². The van der Waals surface area contributed by atoms with Gasteiger partial charge in [-0.3, -0.25) is 4.79 Å². The molecule has 2 aliphatic heterocycles. The molecular weight excluding hydrogens is 437 g/mol. The minimum Gasteiger partial charge on any atom is -0.378 e. The molecule has 2 aromatic rings. The molecule has 1 aromatic heterocycles. The van der Waals surface area contributed by atoms with E-state index in [0.29, 0.717) is 51.3 Å². The van der Waals surface area contributed by atoms with Crippen LogP contribution in [0.15, 0.2) is 33.7 Å². The van der Waals surface area contributed by atoms with E-state index in [0.717, 1.165) is 0 Å². The normalized spacial score (nSPS) is 20.7. The third-order valence-corrected chi connectivity index (χ3v) is 7.83. The van der Waals surface area contributed by atoms with Crippen molar-refractivity contribution in [2.45, 2.75) is 24.7 Å². The predicted molar refractivity (Wildman–Crippen MR) is 115 cm³/mol. The van der Waals surface area contributed by atoms with Crippen molar-refractivity contribution >= 4 is 28.1 Å². The highest BCUT2D eigenvalue weighted by Crippen LogP contribution is 2.30. The largest absolute Gasteiger partial charge is 0.378 e. The Morgan fingerprint density at radius 1 is 1.19 bits per heavy atom. The fourth-order valence-electron chi connectivity index (χ4n) is 4.11. The molecule has 0 saturated carbocycles. The van der Waals surface area contributed by atoms with Crippen molar-refractivity contribution in [1.29, 1.82) is 0 Å². The molecule has 1 amide bonds. The number of rotatable bonds is 5. The third-order valence-electron chi connectivity index (χ3n) is 5.81. The summed E-state index contributed by atoms with van der Waals surface area (Å²) in [4.78, 5) is 14.6. The van der Waals surface area contributed by atoms with Crippen molar-refractivity contribution in [3.63, 3.8) is 0 Å². The first-order valence-electron chi connectivity index (χ1n) is 10.6. The average Bonchev–Trinajstić information content (AvgIpc) is 3.20. The van der Waals surface area contributed by atoms with Crippen molar-refractivity contribution in [3.8, 4) is 0 Å². The fourth-order valence-corrected chi connectivity index (χ4v) is 5.88. The number of ether oxygens (including phenoxy) is 1. The number of hydrogen-bond acceptors (Lipinski definition) is 6. The number of benzene rings is 1. The third kappa shape index (κ3) is 4.62. The van der Waals surface area contributed by atoms with Crippen LogP contribution in [0.2, 0.25) is 0 Å². The maximum absolute atomic E-state index is 13.9. The molecule has 172 valence electrons. The van der Waals surface area contributed by atoms with Gasteiger partial charge in [0.25, 0.3) is 0 Å². The fraction of sp³-hybridized carbons (Fsp3) is 0.455. The highest BCUT2D eigenvalue weighted by molar-refractivity contribution is 7.89. The summed E-state index contributed by atoms with van der Waals surface area (Å²) in [7, 11) is -3.96. The van der Waals surface area contributed by atoms with Gasteiger partial charge in [-0.1, -0.05) is 23.4 Å². The summed E-state index contributed by atoms with van der Waals surface area (Å²) in [5.41, 5.74) is 0.527.